The molecule has 20 heavy (non-hydrogen) atoms. The number of halogens is 2. The van der Waals surface area contributed by atoms with Crippen molar-refractivity contribution >= 4 is 29.0 Å². The van der Waals surface area contributed by atoms with Crippen LogP contribution in [-0.2, 0) is 0 Å². The van der Waals surface area contributed by atoms with Crippen molar-refractivity contribution in [2.45, 2.75) is 27.7 Å². The van der Waals surface area contributed by atoms with E-state index in [0.29, 0.717) is 21.2 Å². The zero-order valence-corrected chi connectivity index (χ0v) is 13.5. The quantitative estimate of drug-likeness (QED) is 0.673. The van der Waals surface area contributed by atoms with Gasteiger partial charge in [0.2, 0.25) is 0 Å². The van der Waals surface area contributed by atoms with E-state index in [1.165, 1.54) is 0 Å². The highest BCUT2D eigenvalue weighted by Crippen LogP contribution is 2.30. The van der Waals surface area contributed by atoms with Crippen molar-refractivity contribution in [3.05, 3.63) is 67.7 Å². The Morgan fingerprint density at radius 1 is 0.850 bits per heavy atom. The average Bonchev–Trinajstić information content (AvgIpc) is 2.36. The number of carbonyl (C=O) groups excluding carboxylic acids is 1. The Morgan fingerprint density at radius 3 is 1.75 bits per heavy atom. The van der Waals surface area contributed by atoms with Gasteiger partial charge in [0, 0.05) is 5.56 Å². The summed E-state index contributed by atoms with van der Waals surface area (Å²) in [6.45, 7) is 7.93. The molecule has 0 saturated heterocycles. The summed E-state index contributed by atoms with van der Waals surface area (Å²) >= 11 is 12.3. The molecule has 0 unspecified atom stereocenters. The SMILES string of the molecule is Cc1cc(C)c(C)c(C(=O)c2c(Cl)cccc2Cl)c1C. The lowest BCUT2D eigenvalue weighted by Gasteiger charge is -2.15. The lowest BCUT2D eigenvalue weighted by atomic mass is 9.89. The maximum atomic E-state index is 12.9. The second-order valence-corrected chi connectivity index (χ2v) is 5.88. The van der Waals surface area contributed by atoms with Crippen LogP contribution in [0, 0.1) is 27.7 Å². The number of carbonyl (C=O) groups is 1. The molecule has 2 aromatic rings. The first-order valence-electron chi connectivity index (χ1n) is 6.40. The highest BCUT2D eigenvalue weighted by molar-refractivity contribution is 6.41. The smallest absolute Gasteiger partial charge is 0.196 e. The second kappa shape index (κ2) is 5.59. The third-order valence-corrected chi connectivity index (χ3v) is 4.41. The molecule has 0 aliphatic heterocycles. The van der Waals surface area contributed by atoms with Gasteiger partial charge >= 0.3 is 0 Å². The molecular formula is C17H16Cl2O. The Balaban J connectivity index is 2.72. The maximum Gasteiger partial charge on any atom is 0.196 e. The molecule has 0 bridgehead atoms. The highest BCUT2D eigenvalue weighted by atomic mass is 35.5. The molecular weight excluding hydrogens is 291 g/mol. The van der Waals surface area contributed by atoms with Crippen molar-refractivity contribution in [3.63, 3.8) is 0 Å². The Hall–Kier alpha value is -1.31. The fraction of sp³-hybridized carbons (Fsp3) is 0.235. The minimum Gasteiger partial charge on any atom is -0.288 e. The van der Waals surface area contributed by atoms with Crippen molar-refractivity contribution in [1.82, 2.24) is 0 Å². The molecule has 0 fully saturated rings. The lowest BCUT2D eigenvalue weighted by molar-refractivity contribution is 0.103. The van der Waals surface area contributed by atoms with Gasteiger partial charge in [-0.2, -0.15) is 0 Å². The van der Waals surface area contributed by atoms with E-state index in [9.17, 15) is 4.79 Å². The number of rotatable bonds is 2. The maximum absolute atomic E-state index is 12.9. The molecule has 0 saturated carbocycles. The van der Waals surface area contributed by atoms with E-state index in [0.717, 1.165) is 22.3 Å². The number of hydrogen-bond donors (Lipinski definition) is 0. The molecule has 3 heteroatoms. The van der Waals surface area contributed by atoms with Gasteiger partial charge in [-0.25, -0.2) is 0 Å². The van der Waals surface area contributed by atoms with Crippen molar-refractivity contribution in [2.75, 3.05) is 0 Å². The molecule has 0 aliphatic carbocycles. The summed E-state index contributed by atoms with van der Waals surface area (Å²) in [5.41, 5.74) is 5.24. The third-order valence-electron chi connectivity index (χ3n) is 3.78. The van der Waals surface area contributed by atoms with Crippen molar-refractivity contribution in [1.29, 1.82) is 0 Å². The summed E-state index contributed by atoms with van der Waals surface area (Å²) in [7, 11) is 0. The minimum absolute atomic E-state index is 0.109. The largest absolute Gasteiger partial charge is 0.288 e. The molecule has 0 heterocycles. The molecule has 2 rings (SSSR count). The molecule has 2 aromatic carbocycles. The van der Waals surface area contributed by atoms with Crippen LogP contribution in [-0.4, -0.2) is 5.78 Å². The summed E-state index contributed by atoms with van der Waals surface area (Å²) < 4.78 is 0. The van der Waals surface area contributed by atoms with E-state index in [1.54, 1.807) is 18.2 Å². The normalized spacial score (nSPS) is 10.7. The predicted octanol–water partition coefficient (Wildman–Crippen LogP) is 5.46. The Labute approximate surface area is 129 Å². The number of aryl methyl sites for hydroxylation is 2. The summed E-state index contributed by atoms with van der Waals surface area (Å²) in [4.78, 5) is 12.9. The first-order valence-corrected chi connectivity index (χ1v) is 7.16. The van der Waals surface area contributed by atoms with Gasteiger partial charge < -0.3 is 0 Å². The van der Waals surface area contributed by atoms with Crippen LogP contribution in [0.4, 0.5) is 0 Å². The van der Waals surface area contributed by atoms with Gasteiger partial charge in [-0.1, -0.05) is 35.3 Å². The van der Waals surface area contributed by atoms with E-state index in [2.05, 4.69) is 6.07 Å². The Morgan fingerprint density at radius 2 is 1.30 bits per heavy atom. The van der Waals surface area contributed by atoms with Gasteiger partial charge in [-0.15, -0.1) is 0 Å². The average molecular weight is 307 g/mol. The van der Waals surface area contributed by atoms with Gasteiger partial charge in [0.25, 0.3) is 0 Å². The Bertz CT molecular complexity index is 656. The second-order valence-electron chi connectivity index (χ2n) is 5.06. The van der Waals surface area contributed by atoms with E-state index >= 15 is 0 Å². The minimum atomic E-state index is -0.109. The molecule has 0 spiro atoms. The van der Waals surface area contributed by atoms with Crippen LogP contribution in [0.1, 0.15) is 38.2 Å². The number of ketones is 1. The number of hydrogen-bond acceptors (Lipinski definition) is 1. The van der Waals surface area contributed by atoms with Gasteiger partial charge in [-0.05, 0) is 62.1 Å². The van der Waals surface area contributed by atoms with E-state index < -0.39 is 0 Å². The fourth-order valence-corrected chi connectivity index (χ4v) is 2.97. The summed E-state index contributed by atoms with van der Waals surface area (Å²) in [5, 5.41) is 0.779. The van der Waals surface area contributed by atoms with Gasteiger partial charge in [0.05, 0.1) is 15.6 Å². The molecule has 1 nitrogen and oxygen atoms in total. The van der Waals surface area contributed by atoms with Crippen molar-refractivity contribution in [2.24, 2.45) is 0 Å². The molecule has 0 amide bonds. The first kappa shape index (κ1) is 15.1. The van der Waals surface area contributed by atoms with Crippen LogP contribution in [0.15, 0.2) is 24.3 Å². The van der Waals surface area contributed by atoms with E-state index in [1.807, 2.05) is 27.7 Å². The molecule has 0 atom stereocenters. The predicted molar refractivity (Wildman–Crippen MR) is 85.3 cm³/mol. The van der Waals surface area contributed by atoms with Crippen LogP contribution < -0.4 is 0 Å². The van der Waals surface area contributed by atoms with Crippen LogP contribution in [0.25, 0.3) is 0 Å². The summed E-state index contributed by atoms with van der Waals surface area (Å²) in [5.74, 6) is -0.109. The van der Waals surface area contributed by atoms with E-state index in [4.69, 9.17) is 23.2 Å². The van der Waals surface area contributed by atoms with Crippen LogP contribution in [0.5, 0.6) is 0 Å². The first-order chi connectivity index (χ1) is 9.34. The zero-order chi connectivity index (χ0) is 15.0. The zero-order valence-electron chi connectivity index (χ0n) is 12.0. The molecule has 104 valence electrons. The molecule has 0 N–H and O–H groups in total. The van der Waals surface area contributed by atoms with Crippen LogP contribution in [0.2, 0.25) is 10.0 Å². The van der Waals surface area contributed by atoms with Crippen LogP contribution >= 0.6 is 23.2 Å². The van der Waals surface area contributed by atoms with Gasteiger partial charge in [0.15, 0.2) is 5.78 Å². The van der Waals surface area contributed by atoms with Crippen LogP contribution in [0.3, 0.4) is 0 Å². The van der Waals surface area contributed by atoms with E-state index in [-0.39, 0.29) is 5.78 Å². The Kier molecular flexibility index (Phi) is 4.22. The number of benzene rings is 2. The monoisotopic (exact) mass is 306 g/mol. The standard InChI is InChI=1S/C17H16Cl2O/c1-9-8-10(2)12(4)15(11(9)3)17(20)16-13(18)6-5-7-14(16)19/h5-8H,1-4H3. The molecule has 0 aromatic heterocycles. The lowest BCUT2D eigenvalue weighted by Crippen LogP contribution is -2.10. The van der Waals surface area contributed by atoms with Crippen molar-refractivity contribution < 1.29 is 4.79 Å². The summed E-state index contributed by atoms with van der Waals surface area (Å²) in [6.07, 6.45) is 0. The third kappa shape index (κ3) is 2.48. The van der Waals surface area contributed by atoms with Gasteiger partial charge in [-0.3, -0.25) is 4.79 Å². The summed E-state index contributed by atoms with van der Waals surface area (Å²) in [6, 6.07) is 7.21. The highest BCUT2D eigenvalue weighted by Gasteiger charge is 2.21. The van der Waals surface area contributed by atoms with Crippen molar-refractivity contribution in [3.8, 4) is 0 Å². The topological polar surface area (TPSA) is 17.1 Å². The molecule has 0 aliphatic rings. The fourth-order valence-electron chi connectivity index (χ4n) is 2.40. The molecule has 0 radical (unpaired) electrons. The van der Waals surface area contributed by atoms with Gasteiger partial charge in [0.1, 0.15) is 0 Å².